The number of nitrogens with zero attached hydrogens (tertiary/aromatic N) is 1. The highest BCUT2D eigenvalue weighted by Crippen LogP contribution is 2.25. The van der Waals surface area contributed by atoms with Crippen molar-refractivity contribution in [3.05, 3.63) is 0 Å². The highest BCUT2D eigenvalue weighted by atomic mass is 33.1. The predicted octanol–water partition coefficient (Wildman–Crippen LogP) is -6.72. The molecule has 23 nitrogen and oxygen atoms in total. The van der Waals surface area contributed by atoms with Crippen LogP contribution in [0.5, 0.6) is 0 Å². The van der Waals surface area contributed by atoms with Crippen LogP contribution in [0.15, 0.2) is 0 Å². The Labute approximate surface area is 315 Å². The Morgan fingerprint density at radius 1 is 0.852 bits per heavy atom. The second kappa shape index (κ2) is 20.7. The minimum atomic E-state index is -1.95. The first-order valence-electron chi connectivity index (χ1n) is 16.6. The normalized spacial score (nSPS) is 33.8. The van der Waals surface area contributed by atoms with E-state index in [-0.39, 0.29) is 30.9 Å². The number of amides is 6. The van der Waals surface area contributed by atoms with Crippen LogP contribution in [0.2, 0.25) is 0 Å². The van der Waals surface area contributed by atoms with Gasteiger partial charge in [0.25, 0.3) is 0 Å². The van der Waals surface area contributed by atoms with Crippen molar-refractivity contribution in [1.29, 1.82) is 0 Å². The summed E-state index contributed by atoms with van der Waals surface area (Å²) in [7, 11) is 1.92. The van der Waals surface area contributed by atoms with Gasteiger partial charge in [0.1, 0.15) is 54.6 Å². The van der Waals surface area contributed by atoms with Gasteiger partial charge in [-0.1, -0.05) is 21.6 Å². The minimum Gasteiger partial charge on any atom is -0.481 e. The summed E-state index contributed by atoms with van der Waals surface area (Å²) < 4.78 is 10.8. The van der Waals surface area contributed by atoms with Gasteiger partial charge in [-0.15, -0.1) is 0 Å². The lowest BCUT2D eigenvalue weighted by atomic mass is 9.99. The summed E-state index contributed by atoms with van der Waals surface area (Å²) in [6.45, 7) is -1.80. The molecule has 0 spiro atoms. The number of aliphatic hydroxyl groups excluding tert-OH is 4. The van der Waals surface area contributed by atoms with Gasteiger partial charge in [-0.2, -0.15) is 0 Å². The van der Waals surface area contributed by atoms with Crippen molar-refractivity contribution >= 4 is 69.0 Å². The maximum atomic E-state index is 13.8. The number of rotatable bonds is 10. The standard InChI is InChI=1S/C29H45N7O16S2/c30-11-9-53-54-10-15(28(49)50)35-26(47)16-2-1-5-36(16)27(48)13(6-18(31)38)33-25(46)14(34-24(45)12(32-23(11)44)3-4-19(39)40)8-51-29-22(43)21(42)20(41)17(7-37)52-29/h11-17,20-22,29,37,41-43H,1-10,30H2,(H2,31,38)(H,32,44)(H,33,46)(H,34,45)(H,35,47)(H,39,40)(H,49,50)/t11-,12-,13-,14-,15-,16-,17+,20+,21-,22+,29+/m0/s1. The molecular weight excluding hydrogens is 766 g/mol. The van der Waals surface area contributed by atoms with Gasteiger partial charge >= 0.3 is 11.9 Å². The van der Waals surface area contributed by atoms with E-state index in [0.29, 0.717) is 0 Å². The number of aliphatic hydroxyl groups is 4. The largest absolute Gasteiger partial charge is 0.481 e. The van der Waals surface area contributed by atoms with Crippen molar-refractivity contribution in [2.45, 2.75) is 99.1 Å². The maximum Gasteiger partial charge on any atom is 0.327 e. The lowest BCUT2D eigenvalue weighted by molar-refractivity contribution is -0.301. The van der Waals surface area contributed by atoms with Crippen LogP contribution in [-0.4, -0.2) is 181 Å². The average Bonchev–Trinajstić information content (AvgIpc) is 3.61. The number of hydrogen-bond donors (Lipinski definition) is 12. The van der Waals surface area contributed by atoms with Crippen LogP contribution in [0.3, 0.4) is 0 Å². The summed E-state index contributed by atoms with van der Waals surface area (Å²) in [5.41, 5.74) is 11.4. The Bertz CT molecular complexity index is 1410. The number of hydrogen-bond acceptors (Lipinski definition) is 17. The summed E-state index contributed by atoms with van der Waals surface area (Å²) in [4.78, 5) is 104. The third-order valence-corrected chi connectivity index (χ3v) is 11.0. The van der Waals surface area contributed by atoms with Crippen LogP contribution >= 0.6 is 21.6 Å². The Balaban J connectivity index is 2.00. The van der Waals surface area contributed by atoms with Gasteiger partial charge < -0.3 is 77.7 Å². The third-order valence-electron chi connectivity index (χ3n) is 8.56. The number of carbonyl (C=O) groups is 8. The van der Waals surface area contributed by atoms with Crippen LogP contribution in [0.4, 0.5) is 0 Å². The van der Waals surface area contributed by atoms with E-state index in [0.717, 1.165) is 26.5 Å². The molecule has 0 aromatic heterocycles. The fourth-order valence-corrected chi connectivity index (χ4v) is 7.88. The smallest absolute Gasteiger partial charge is 0.327 e. The highest BCUT2D eigenvalue weighted by molar-refractivity contribution is 8.76. The van der Waals surface area contributed by atoms with E-state index < -0.39 is 147 Å². The van der Waals surface area contributed by atoms with Crippen LogP contribution in [0.25, 0.3) is 0 Å². The van der Waals surface area contributed by atoms with Crippen molar-refractivity contribution in [3.8, 4) is 0 Å². The SMILES string of the molecule is NC(=O)C[C@@H]1NC(=O)[C@H](CO[C@@H]2O[C@H](CO)[C@@H](O)[C@H](O)[C@H]2O)NC(=O)[C@H](CCC(=O)O)NC(=O)[C@@H](N)CSSC[C@@H](C(=O)O)NC(=O)[C@@H]2CCCN2C1=O. The number of carbonyl (C=O) groups excluding carboxylic acids is 6. The Hall–Kier alpha value is -3.82. The average molecular weight is 812 g/mol. The van der Waals surface area contributed by atoms with E-state index in [9.17, 15) is 69.0 Å². The van der Waals surface area contributed by atoms with Gasteiger partial charge in [-0.05, 0) is 19.3 Å². The topological polar surface area (TPSA) is 380 Å². The van der Waals surface area contributed by atoms with E-state index in [1.807, 2.05) is 0 Å². The molecule has 0 radical (unpaired) electrons. The molecule has 304 valence electrons. The third kappa shape index (κ3) is 12.4. The fourth-order valence-electron chi connectivity index (χ4n) is 5.60. The molecule has 3 heterocycles. The van der Waals surface area contributed by atoms with Crippen LogP contribution < -0.4 is 32.7 Å². The van der Waals surface area contributed by atoms with Crippen LogP contribution in [0, 0.1) is 0 Å². The fraction of sp³-hybridized carbons (Fsp3) is 0.724. The number of ether oxygens (including phenoxy) is 2. The number of fused-ring (bicyclic) bond motifs is 1. The van der Waals surface area contributed by atoms with Crippen molar-refractivity contribution in [1.82, 2.24) is 26.2 Å². The molecular formula is C29H45N7O16S2. The Morgan fingerprint density at radius 2 is 1.48 bits per heavy atom. The molecule has 25 heteroatoms. The van der Waals surface area contributed by atoms with E-state index in [1.165, 1.54) is 0 Å². The number of nitrogens with one attached hydrogen (secondary N) is 4. The number of carboxylic acid groups (broad SMARTS) is 2. The molecule has 0 aliphatic carbocycles. The first-order valence-corrected chi connectivity index (χ1v) is 19.1. The highest BCUT2D eigenvalue weighted by Gasteiger charge is 2.45. The Morgan fingerprint density at radius 3 is 2.11 bits per heavy atom. The van der Waals surface area contributed by atoms with E-state index >= 15 is 0 Å². The minimum absolute atomic E-state index is 0.0341. The summed E-state index contributed by atoms with van der Waals surface area (Å²) in [5.74, 6) is -9.28. The molecule has 0 saturated carbocycles. The Kier molecular flexibility index (Phi) is 17.1. The molecule has 0 aromatic rings. The molecule has 0 aromatic carbocycles. The van der Waals surface area contributed by atoms with Gasteiger partial charge in [-0.3, -0.25) is 33.6 Å². The molecule has 3 fully saturated rings. The zero-order valence-corrected chi connectivity index (χ0v) is 30.2. The van der Waals surface area contributed by atoms with E-state index in [4.69, 9.17) is 20.9 Å². The first-order chi connectivity index (χ1) is 25.4. The van der Waals surface area contributed by atoms with Crippen molar-refractivity contribution in [3.63, 3.8) is 0 Å². The second-order valence-corrected chi connectivity index (χ2v) is 15.1. The van der Waals surface area contributed by atoms with Crippen molar-refractivity contribution in [2.75, 3.05) is 31.3 Å². The quantitative estimate of drug-likeness (QED) is 0.0912. The number of nitrogens with two attached hydrogens (primary N) is 2. The zero-order valence-electron chi connectivity index (χ0n) is 28.6. The van der Waals surface area contributed by atoms with Gasteiger partial charge in [0.2, 0.25) is 35.4 Å². The molecule has 3 saturated heterocycles. The zero-order chi connectivity index (χ0) is 40.3. The molecule has 0 unspecified atom stereocenters. The van der Waals surface area contributed by atoms with Gasteiger partial charge in [0, 0.05) is 24.5 Å². The van der Waals surface area contributed by atoms with Crippen molar-refractivity contribution < 1.29 is 78.5 Å². The van der Waals surface area contributed by atoms with Gasteiger partial charge in [0.05, 0.1) is 25.7 Å². The summed E-state index contributed by atoms with van der Waals surface area (Å²) >= 11 is 0. The maximum absolute atomic E-state index is 13.8. The molecule has 54 heavy (non-hydrogen) atoms. The van der Waals surface area contributed by atoms with Crippen molar-refractivity contribution in [2.24, 2.45) is 11.5 Å². The lowest BCUT2D eigenvalue weighted by Crippen LogP contribution is -2.62. The molecule has 11 atom stereocenters. The summed E-state index contributed by atoms with van der Waals surface area (Å²) in [6, 6.07) is -9.26. The summed E-state index contributed by atoms with van der Waals surface area (Å²) in [6.07, 6.45) is -10.5. The molecule has 14 N–H and O–H groups in total. The van der Waals surface area contributed by atoms with E-state index in [2.05, 4.69) is 21.3 Å². The van der Waals surface area contributed by atoms with Crippen LogP contribution in [-0.2, 0) is 47.8 Å². The number of carboxylic acids is 2. The monoisotopic (exact) mass is 811 g/mol. The molecule has 3 aliphatic heterocycles. The molecule has 6 amide bonds. The lowest BCUT2D eigenvalue weighted by Gasteiger charge is -2.40. The van der Waals surface area contributed by atoms with Gasteiger partial charge in [0.15, 0.2) is 6.29 Å². The predicted molar refractivity (Wildman–Crippen MR) is 183 cm³/mol. The molecule has 3 aliphatic rings. The van der Waals surface area contributed by atoms with Gasteiger partial charge in [-0.25, -0.2) is 4.79 Å². The second-order valence-electron chi connectivity index (χ2n) is 12.6. The molecule has 0 bridgehead atoms. The number of primary amides is 1. The molecule has 3 rings (SSSR count). The summed E-state index contributed by atoms with van der Waals surface area (Å²) in [5, 5.41) is 68.5. The first kappa shape index (κ1) is 44.6. The van der Waals surface area contributed by atoms with E-state index in [1.54, 1.807) is 0 Å². The number of aliphatic carboxylic acids is 2. The van der Waals surface area contributed by atoms with Crippen LogP contribution in [0.1, 0.15) is 32.1 Å².